The lowest BCUT2D eigenvalue weighted by molar-refractivity contribution is 0.0696. The van der Waals surface area contributed by atoms with Gasteiger partial charge in [-0.1, -0.05) is 25.1 Å². The van der Waals surface area contributed by atoms with Crippen LogP contribution in [0.2, 0.25) is 0 Å². The summed E-state index contributed by atoms with van der Waals surface area (Å²) in [6.07, 6.45) is -0.102. The molecule has 0 saturated carbocycles. The molecular weight excluding hydrogens is 268 g/mol. The Labute approximate surface area is 122 Å². The number of fused-ring (bicyclic) bond motifs is 1. The second kappa shape index (κ2) is 5.13. The molecule has 0 bridgehead atoms. The molecule has 1 N–H and O–H groups in total. The molecule has 0 saturated heterocycles. The summed E-state index contributed by atoms with van der Waals surface area (Å²) in [5.41, 5.74) is 2.34. The minimum atomic E-state index is -0.943. The summed E-state index contributed by atoms with van der Waals surface area (Å²) in [6, 6.07) is 12.8. The lowest BCUT2D eigenvalue weighted by Crippen LogP contribution is -2.07. The van der Waals surface area contributed by atoms with Crippen LogP contribution in [-0.4, -0.2) is 18.2 Å². The van der Waals surface area contributed by atoms with Gasteiger partial charge in [0.15, 0.2) is 0 Å². The van der Waals surface area contributed by atoms with Crippen molar-refractivity contribution in [2.75, 3.05) is 7.11 Å². The molecule has 0 aliphatic carbocycles. The van der Waals surface area contributed by atoms with E-state index in [9.17, 15) is 4.79 Å². The van der Waals surface area contributed by atoms with E-state index >= 15 is 0 Å². The van der Waals surface area contributed by atoms with Crippen LogP contribution < -0.4 is 9.47 Å². The summed E-state index contributed by atoms with van der Waals surface area (Å²) in [5.74, 6) is 0.691. The van der Waals surface area contributed by atoms with Gasteiger partial charge in [-0.15, -0.1) is 0 Å². The van der Waals surface area contributed by atoms with Gasteiger partial charge in [-0.05, 0) is 29.8 Å². The van der Waals surface area contributed by atoms with Crippen molar-refractivity contribution in [3.63, 3.8) is 0 Å². The van der Waals surface area contributed by atoms with E-state index in [4.69, 9.17) is 14.6 Å². The second-order valence-electron chi connectivity index (χ2n) is 5.16. The molecule has 2 aromatic rings. The molecule has 0 aromatic heterocycles. The molecule has 0 amide bonds. The first-order valence-electron chi connectivity index (χ1n) is 6.78. The zero-order chi connectivity index (χ0) is 15.0. The van der Waals surface area contributed by atoms with Gasteiger partial charge in [-0.2, -0.15) is 0 Å². The second-order valence-corrected chi connectivity index (χ2v) is 5.16. The molecule has 4 heteroatoms. The highest BCUT2D eigenvalue weighted by Crippen LogP contribution is 2.46. The van der Waals surface area contributed by atoms with Gasteiger partial charge >= 0.3 is 5.97 Å². The number of hydrogen-bond acceptors (Lipinski definition) is 3. The van der Waals surface area contributed by atoms with Gasteiger partial charge in [0.25, 0.3) is 0 Å². The number of aromatic carboxylic acids is 1. The number of carbonyl (C=O) groups is 1. The molecule has 0 radical (unpaired) electrons. The third-order valence-electron chi connectivity index (χ3n) is 3.90. The van der Waals surface area contributed by atoms with Crippen LogP contribution >= 0.6 is 0 Å². The minimum Gasteiger partial charge on any atom is -0.497 e. The molecule has 1 aliphatic rings. The van der Waals surface area contributed by atoms with E-state index in [0.29, 0.717) is 5.75 Å². The van der Waals surface area contributed by atoms with Crippen LogP contribution in [0.4, 0.5) is 0 Å². The van der Waals surface area contributed by atoms with Gasteiger partial charge in [0.1, 0.15) is 17.6 Å². The van der Waals surface area contributed by atoms with E-state index in [1.165, 1.54) is 0 Å². The highest BCUT2D eigenvalue weighted by molar-refractivity contribution is 5.88. The zero-order valence-corrected chi connectivity index (χ0v) is 11.9. The van der Waals surface area contributed by atoms with Crippen molar-refractivity contribution < 1.29 is 19.4 Å². The lowest BCUT2D eigenvalue weighted by atomic mass is 9.92. The summed E-state index contributed by atoms with van der Waals surface area (Å²) in [5, 5.41) is 9.05. The van der Waals surface area contributed by atoms with Crippen LogP contribution in [0.1, 0.15) is 40.4 Å². The van der Waals surface area contributed by atoms with Crippen LogP contribution in [0.3, 0.4) is 0 Å². The number of hydrogen-bond donors (Lipinski definition) is 1. The lowest BCUT2D eigenvalue weighted by Gasteiger charge is -2.16. The Balaban J connectivity index is 1.91. The van der Waals surface area contributed by atoms with Gasteiger partial charge in [0, 0.05) is 11.5 Å². The van der Waals surface area contributed by atoms with Crippen LogP contribution in [0.25, 0.3) is 0 Å². The molecule has 4 nitrogen and oxygen atoms in total. The summed E-state index contributed by atoms with van der Waals surface area (Å²) in [7, 11) is 1.63. The fourth-order valence-corrected chi connectivity index (χ4v) is 2.70. The maximum Gasteiger partial charge on any atom is 0.335 e. The predicted octanol–water partition coefficient (Wildman–Crippen LogP) is 3.63. The molecule has 1 heterocycles. The fourth-order valence-electron chi connectivity index (χ4n) is 2.70. The van der Waals surface area contributed by atoms with E-state index in [1.54, 1.807) is 19.2 Å². The van der Waals surface area contributed by atoms with Crippen molar-refractivity contribution in [1.29, 1.82) is 0 Å². The summed E-state index contributed by atoms with van der Waals surface area (Å²) in [6.45, 7) is 2.08. The SMILES string of the molecule is COc1ccc([C@@H]2Oc3cc(C(=O)O)ccc3[C@H]2C)cc1. The third-order valence-corrected chi connectivity index (χ3v) is 3.90. The van der Waals surface area contributed by atoms with E-state index in [0.717, 1.165) is 16.9 Å². The maximum atomic E-state index is 11.0. The van der Waals surface area contributed by atoms with E-state index < -0.39 is 5.97 Å². The van der Waals surface area contributed by atoms with Crippen LogP contribution in [-0.2, 0) is 0 Å². The van der Waals surface area contributed by atoms with Gasteiger partial charge in [0.05, 0.1) is 12.7 Å². The number of benzene rings is 2. The average molecular weight is 284 g/mol. The Bertz CT molecular complexity index is 676. The van der Waals surface area contributed by atoms with Crippen molar-refractivity contribution in [2.24, 2.45) is 0 Å². The maximum absolute atomic E-state index is 11.0. The topological polar surface area (TPSA) is 55.8 Å². The van der Waals surface area contributed by atoms with E-state index in [2.05, 4.69) is 6.92 Å². The smallest absolute Gasteiger partial charge is 0.335 e. The number of ether oxygens (including phenoxy) is 2. The Morgan fingerprint density at radius 2 is 1.90 bits per heavy atom. The molecule has 0 fully saturated rings. The average Bonchev–Trinajstić information content (AvgIpc) is 2.84. The molecule has 2 atom stereocenters. The van der Waals surface area contributed by atoms with Gasteiger partial charge in [-0.25, -0.2) is 4.79 Å². The van der Waals surface area contributed by atoms with Crippen molar-refractivity contribution in [3.05, 3.63) is 59.2 Å². The van der Waals surface area contributed by atoms with Crippen molar-refractivity contribution in [2.45, 2.75) is 18.9 Å². The molecule has 1 aliphatic heterocycles. The molecule has 21 heavy (non-hydrogen) atoms. The van der Waals surface area contributed by atoms with Crippen molar-refractivity contribution in [3.8, 4) is 11.5 Å². The zero-order valence-electron chi connectivity index (χ0n) is 11.9. The van der Waals surface area contributed by atoms with Crippen LogP contribution in [0, 0.1) is 0 Å². The number of rotatable bonds is 3. The largest absolute Gasteiger partial charge is 0.497 e. The third kappa shape index (κ3) is 2.33. The van der Waals surface area contributed by atoms with Gasteiger partial charge < -0.3 is 14.6 Å². The highest BCUT2D eigenvalue weighted by Gasteiger charge is 2.32. The minimum absolute atomic E-state index is 0.102. The first-order valence-corrected chi connectivity index (χ1v) is 6.78. The quantitative estimate of drug-likeness (QED) is 0.935. The number of methoxy groups -OCH3 is 1. The van der Waals surface area contributed by atoms with Crippen molar-refractivity contribution >= 4 is 5.97 Å². The molecule has 0 spiro atoms. The monoisotopic (exact) mass is 284 g/mol. The van der Waals surface area contributed by atoms with Gasteiger partial charge in [0.2, 0.25) is 0 Å². The van der Waals surface area contributed by atoms with Gasteiger partial charge in [-0.3, -0.25) is 0 Å². The number of carboxylic acids is 1. The van der Waals surface area contributed by atoms with Crippen LogP contribution in [0.5, 0.6) is 11.5 Å². The molecule has 3 rings (SSSR count). The standard InChI is InChI=1S/C17H16O4/c1-10-14-8-5-12(17(18)19)9-15(14)21-16(10)11-3-6-13(20-2)7-4-11/h3-10,16H,1-2H3,(H,18,19)/t10-,16-/m1/s1. The number of carboxylic acid groups (broad SMARTS) is 1. The summed E-state index contributed by atoms with van der Waals surface area (Å²) >= 11 is 0. The highest BCUT2D eigenvalue weighted by atomic mass is 16.5. The van der Waals surface area contributed by atoms with Crippen molar-refractivity contribution in [1.82, 2.24) is 0 Å². The molecule has 108 valence electrons. The predicted molar refractivity (Wildman–Crippen MR) is 78.2 cm³/mol. The Kier molecular flexibility index (Phi) is 3.29. The van der Waals surface area contributed by atoms with E-state index in [1.807, 2.05) is 30.3 Å². The molecule has 2 aromatic carbocycles. The Morgan fingerprint density at radius 3 is 2.52 bits per heavy atom. The molecular formula is C17H16O4. The Hall–Kier alpha value is -2.49. The Morgan fingerprint density at radius 1 is 1.19 bits per heavy atom. The van der Waals surface area contributed by atoms with E-state index in [-0.39, 0.29) is 17.6 Å². The first-order chi connectivity index (χ1) is 10.1. The van der Waals surface area contributed by atoms with Crippen LogP contribution in [0.15, 0.2) is 42.5 Å². The summed E-state index contributed by atoms with van der Waals surface area (Å²) in [4.78, 5) is 11.0. The summed E-state index contributed by atoms with van der Waals surface area (Å²) < 4.78 is 11.1. The molecule has 0 unspecified atom stereocenters. The normalized spacial score (nSPS) is 19.7. The first kappa shape index (κ1) is 13.5. The fraction of sp³-hybridized carbons (Fsp3) is 0.235.